The van der Waals surface area contributed by atoms with Crippen LogP contribution in [0.15, 0.2) is 24.3 Å². The van der Waals surface area contributed by atoms with E-state index in [-0.39, 0.29) is 6.04 Å². The van der Waals surface area contributed by atoms with Crippen LogP contribution in [0.25, 0.3) is 0 Å². The largest absolute Gasteiger partial charge is 0.398 e. The molecule has 0 fully saturated rings. The molecule has 0 aliphatic carbocycles. The SMILES string of the molecule is COCC(NN)c1ccccc1N. The highest BCUT2D eigenvalue weighted by molar-refractivity contribution is 5.48. The van der Waals surface area contributed by atoms with E-state index in [0.717, 1.165) is 11.3 Å². The average molecular weight is 181 g/mol. The molecule has 1 unspecified atom stereocenters. The fourth-order valence-electron chi connectivity index (χ4n) is 1.22. The molecule has 1 aromatic carbocycles. The predicted molar refractivity (Wildman–Crippen MR) is 52.8 cm³/mol. The molecule has 0 heterocycles. The first-order valence-electron chi connectivity index (χ1n) is 4.09. The molecule has 4 nitrogen and oxygen atoms in total. The number of para-hydroxylation sites is 1. The Labute approximate surface area is 77.8 Å². The molecule has 0 bridgehead atoms. The van der Waals surface area contributed by atoms with Crippen LogP contribution in [0.4, 0.5) is 5.69 Å². The highest BCUT2D eigenvalue weighted by Crippen LogP contribution is 2.19. The second-order valence-corrected chi connectivity index (χ2v) is 2.80. The van der Waals surface area contributed by atoms with Crippen molar-refractivity contribution in [3.63, 3.8) is 0 Å². The van der Waals surface area contributed by atoms with E-state index < -0.39 is 0 Å². The molecule has 5 N–H and O–H groups in total. The summed E-state index contributed by atoms with van der Waals surface area (Å²) < 4.78 is 5.01. The van der Waals surface area contributed by atoms with Crippen LogP contribution in [0.1, 0.15) is 11.6 Å². The van der Waals surface area contributed by atoms with Gasteiger partial charge in [-0.2, -0.15) is 0 Å². The minimum absolute atomic E-state index is 0.0498. The summed E-state index contributed by atoms with van der Waals surface area (Å²) in [6.45, 7) is 0.505. The van der Waals surface area contributed by atoms with Crippen LogP contribution in [-0.4, -0.2) is 13.7 Å². The summed E-state index contributed by atoms with van der Waals surface area (Å²) in [5, 5.41) is 0. The number of ether oxygens (including phenoxy) is 1. The van der Waals surface area contributed by atoms with Gasteiger partial charge >= 0.3 is 0 Å². The van der Waals surface area contributed by atoms with Crippen LogP contribution in [0.3, 0.4) is 0 Å². The maximum absolute atomic E-state index is 5.78. The monoisotopic (exact) mass is 181 g/mol. The summed E-state index contributed by atoms with van der Waals surface area (Å²) in [4.78, 5) is 0. The van der Waals surface area contributed by atoms with Gasteiger partial charge in [0.05, 0.1) is 12.6 Å². The van der Waals surface area contributed by atoms with Gasteiger partial charge in [0.15, 0.2) is 0 Å². The van der Waals surface area contributed by atoms with Gasteiger partial charge in [0, 0.05) is 12.8 Å². The second-order valence-electron chi connectivity index (χ2n) is 2.80. The van der Waals surface area contributed by atoms with Crippen LogP contribution in [0.2, 0.25) is 0 Å². The Morgan fingerprint density at radius 1 is 1.46 bits per heavy atom. The van der Waals surface area contributed by atoms with Gasteiger partial charge in [-0.25, -0.2) is 0 Å². The number of benzene rings is 1. The molecular formula is C9H15N3O. The zero-order valence-electron chi connectivity index (χ0n) is 7.66. The normalized spacial score (nSPS) is 12.8. The number of nitrogens with two attached hydrogens (primary N) is 2. The van der Waals surface area contributed by atoms with Gasteiger partial charge in [-0.3, -0.25) is 11.3 Å². The van der Waals surface area contributed by atoms with Gasteiger partial charge in [-0.1, -0.05) is 18.2 Å². The van der Waals surface area contributed by atoms with E-state index in [9.17, 15) is 0 Å². The number of rotatable bonds is 4. The summed E-state index contributed by atoms with van der Waals surface area (Å²) in [5.41, 5.74) is 10.1. The van der Waals surface area contributed by atoms with Gasteiger partial charge in [0.1, 0.15) is 0 Å². The standard InChI is InChI=1S/C9H15N3O/c1-13-6-9(12-11)7-4-2-3-5-8(7)10/h2-5,9,12H,6,10-11H2,1H3. The molecule has 0 aliphatic heterocycles. The van der Waals surface area contributed by atoms with Gasteiger partial charge in [-0.15, -0.1) is 0 Å². The highest BCUT2D eigenvalue weighted by atomic mass is 16.5. The molecule has 0 amide bonds. The Hall–Kier alpha value is -1.10. The number of hydrazine groups is 1. The van der Waals surface area contributed by atoms with Crippen molar-refractivity contribution >= 4 is 5.69 Å². The molecule has 0 saturated carbocycles. The first-order valence-corrected chi connectivity index (χ1v) is 4.09. The third-order valence-corrected chi connectivity index (χ3v) is 1.91. The summed E-state index contributed by atoms with van der Waals surface area (Å²) in [7, 11) is 1.63. The smallest absolute Gasteiger partial charge is 0.0713 e. The molecule has 4 heteroatoms. The lowest BCUT2D eigenvalue weighted by Gasteiger charge is -2.16. The van der Waals surface area contributed by atoms with Crippen molar-refractivity contribution in [2.45, 2.75) is 6.04 Å². The lowest BCUT2D eigenvalue weighted by atomic mass is 10.1. The van der Waals surface area contributed by atoms with E-state index in [0.29, 0.717) is 6.61 Å². The van der Waals surface area contributed by atoms with E-state index in [1.807, 2.05) is 24.3 Å². The average Bonchev–Trinajstić information content (AvgIpc) is 2.16. The van der Waals surface area contributed by atoms with Gasteiger partial charge in [0.25, 0.3) is 0 Å². The molecular weight excluding hydrogens is 166 g/mol. The highest BCUT2D eigenvalue weighted by Gasteiger charge is 2.10. The van der Waals surface area contributed by atoms with E-state index in [1.165, 1.54) is 0 Å². The van der Waals surface area contributed by atoms with Crippen LogP contribution >= 0.6 is 0 Å². The minimum atomic E-state index is -0.0498. The number of nitrogens with one attached hydrogen (secondary N) is 1. The zero-order chi connectivity index (χ0) is 9.68. The van der Waals surface area contributed by atoms with Gasteiger partial charge in [-0.05, 0) is 11.6 Å². The van der Waals surface area contributed by atoms with E-state index in [2.05, 4.69) is 5.43 Å². The van der Waals surface area contributed by atoms with Crippen molar-refractivity contribution in [3.05, 3.63) is 29.8 Å². The molecule has 1 rings (SSSR count). The van der Waals surface area contributed by atoms with E-state index >= 15 is 0 Å². The maximum Gasteiger partial charge on any atom is 0.0713 e. The molecule has 0 radical (unpaired) electrons. The summed E-state index contributed by atoms with van der Waals surface area (Å²) in [6.07, 6.45) is 0. The third kappa shape index (κ3) is 2.42. The molecule has 0 saturated heterocycles. The Morgan fingerprint density at radius 3 is 2.69 bits per heavy atom. The fraction of sp³-hybridized carbons (Fsp3) is 0.333. The van der Waals surface area contributed by atoms with Crippen molar-refractivity contribution in [3.8, 4) is 0 Å². The molecule has 0 aliphatic rings. The second kappa shape index (κ2) is 4.81. The summed E-state index contributed by atoms with van der Waals surface area (Å²) in [5.74, 6) is 5.37. The number of hydrogen-bond acceptors (Lipinski definition) is 4. The van der Waals surface area contributed by atoms with E-state index in [4.69, 9.17) is 16.3 Å². The summed E-state index contributed by atoms with van der Waals surface area (Å²) >= 11 is 0. The molecule has 72 valence electrons. The minimum Gasteiger partial charge on any atom is -0.398 e. The van der Waals surface area contributed by atoms with Crippen LogP contribution in [0.5, 0.6) is 0 Å². The summed E-state index contributed by atoms with van der Waals surface area (Å²) in [6, 6.07) is 7.53. The van der Waals surface area contributed by atoms with Crippen molar-refractivity contribution in [1.82, 2.24) is 5.43 Å². The Bertz CT molecular complexity index is 265. The van der Waals surface area contributed by atoms with E-state index in [1.54, 1.807) is 7.11 Å². The van der Waals surface area contributed by atoms with Gasteiger partial charge < -0.3 is 10.5 Å². The molecule has 0 aromatic heterocycles. The van der Waals surface area contributed by atoms with Crippen molar-refractivity contribution < 1.29 is 4.74 Å². The molecule has 0 spiro atoms. The van der Waals surface area contributed by atoms with Crippen molar-refractivity contribution in [2.75, 3.05) is 19.5 Å². The number of methoxy groups -OCH3 is 1. The maximum atomic E-state index is 5.78. The Kier molecular flexibility index (Phi) is 3.70. The lowest BCUT2D eigenvalue weighted by Crippen LogP contribution is -2.31. The molecule has 13 heavy (non-hydrogen) atoms. The molecule has 1 aromatic rings. The Balaban J connectivity index is 2.84. The first kappa shape index (κ1) is 9.98. The topological polar surface area (TPSA) is 73.3 Å². The zero-order valence-corrected chi connectivity index (χ0v) is 7.66. The van der Waals surface area contributed by atoms with Crippen LogP contribution < -0.4 is 17.0 Å². The van der Waals surface area contributed by atoms with Crippen LogP contribution in [-0.2, 0) is 4.74 Å². The van der Waals surface area contributed by atoms with Crippen molar-refractivity contribution in [2.24, 2.45) is 5.84 Å². The first-order chi connectivity index (χ1) is 6.29. The number of hydrogen-bond donors (Lipinski definition) is 3. The van der Waals surface area contributed by atoms with Crippen molar-refractivity contribution in [1.29, 1.82) is 0 Å². The Morgan fingerprint density at radius 2 is 2.15 bits per heavy atom. The fourth-order valence-corrected chi connectivity index (χ4v) is 1.22. The quantitative estimate of drug-likeness (QED) is 0.357. The predicted octanol–water partition coefficient (Wildman–Crippen LogP) is 0.420. The molecule has 1 atom stereocenters. The third-order valence-electron chi connectivity index (χ3n) is 1.91. The lowest BCUT2D eigenvalue weighted by molar-refractivity contribution is 0.167. The number of nitrogen functional groups attached to an aromatic ring is 1. The van der Waals surface area contributed by atoms with Crippen LogP contribution in [0, 0.1) is 0 Å². The van der Waals surface area contributed by atoms with Gasteiger partial charge in [0.2, 0.25) is 0 Å². The number of anilines is 1.